The van der Waals surface area contributed by atoms with Crippen LogP contribution in [0.4, 0.5) is 10.2 Å². The molecule has 6 heteroatoms. The lowest BCUT2D eigenvalue weighted by Gasteiger charge is -2.35. The first-order chi connectivity index (χ1) is 10.6. The van der Waals surface area contributed by atoms with Crippen LogP contribution in [0, 0.1) is 12.7 Å². The zero-order chi connectivity index (χ0) is 15.5. The molecule has 0 saturated carbocycles. The largest absolute Gasteiger partial charge is 0.354 e. The second-order valence-corrected chi connectivity index (χ2v) is 5.89. The number of hydrogen-bond donors (Lipinski definition) is 0. The van der Waals surface area contributed by atoms with Gasteiger partial charge in [-0.05, 0) is 19.1 Å². The topological polar surface area (TPSA) is 32.3 Å². The Bertz CT molecular complexity index is 636. The molecule has 1 aromatic heterocycles. The van der Waals surface area contributed by atoms with Crippen LogP contribution in [0.3, 0.4) is 0 Å². The molecule has 0 amide bonds. The van der Waals surface area contributed by atoms with Crippen LogP contribution in [-0.2, 0) is 6.54 Å². The number of hydrogen-bond acceptors (Lipinski definition) is 4. The van der Waals surface area contributed by atoms with E-state index in [1.54, 1.807) is 18.5 Å². The lowest BCUT2D eigenvalue weighted by molar-refractivity contribution is 0.246. The number of aromatic nitrogens is 2. The second-order valence-electron chi connectivity index (χ2n) is 5.48. The third-order valence-electron chi connectivity index (χ3n) is 3.93. The Morgan fingerprint density at radius 1 is 1.18 bits per heavy atom. The highest BCUT2D eigenvalue weighted by Gasteiger charge is 2.20. The van der Waals surface area contributed by atoms with Gasteiger partial charge in [-0.2, -0.15) is 0 Å². The van der Waals surface area contributed by atoms with Gasteiger partial charge >= 0.3 is 0 Å². The van der Waals surface area contributed by atoms with E-state index in [2.05, 4.69) is 19.8 Å². The summed E-state index contributed by atoms with van der Waals surface area (Å²) in [6.07, 6.45) is 1.59. The van der Waals surface area contributed by atoms with E-state index in [1.165, 1.54) is 6.07 Å². The molecule has 0 spiro atoms. The smallest absolute Gasteiger partial charge is 0.132 e. The van der Waals surface area contributed by atoms with Gasteiger partial charge in [0.2, 0.25) is 0 Å². The zero-order valence-electron chi connectivity index (χ0n) is 12.5. The molecule has 0 atom stereocenters. The molecule has 1 aliphatic rings. The van der Waals surface area contributed by atoms with Gasteiger partial charge in [0, 0.05) is 55.1 Å². The Hall–Kier alpha value is -1.72. The molecule has 116 valence electrons. The Labute approximate surface area is 134 Å². The van der Waals surface area contributed by atoms with Gasteiger partial charge in [0.1, 0.15) is 18.0 Å². The van der Waals surface area contributed by atoms with Gasteiger partial charge in [-0.15, -0.1) is 0 Å². The van der Waals surface area contributed by atoms with Crippen LogP contribution in [0.1, 0.15) is 11.3 Å². The third-order valence-corrected chi connectivity index (χ3v) is 4.28. The molecule has 22 heavy (non-hydrogen) atoms. The fourth-order valence-electron chi connectivity index (χ4n) is 2.66. The number of piperazine rings is 1. The predicted molar refractivity (Wildman–Crippen MR) is 85.7 cm³/mol. The maximum absolute atomic E-state index is 13.9. The highest BCUT2D eigenvalue weighted by Crippen LogP contribution is 2.22. The van der Waals surface area contributed by atoms with Crippen molar-refractivity contribution < 1.29 is 4.39 Å². The van der Waals surface area contributed by atoms with E-state index in [4.69, 9.17) is 11.6 Å². The van der Waals surface area contributed by atoms with E-state index in [9.17, 15) is 4.39 Å². The maximum atomic E-state index is 13.9. The van der Waals surface area contributed by atoms with Gasteiger partial charge in [0.05, 0.1) is 0 Å². The lowest BCUT2D eigenvalue weighted by Crippen LogP contribution is -2.46. The second kappa shape index (κ2) is 6.58. The molecule has 1 fully saturated rings. The van der Waals surface area contributed by atoms with Crippen LogP contribution in [0.25, 0.3) is 0 Å². The van der Waals surface area contributed by atoms with Gasteiger partial charge in [-0.25, -0.2) is 14.4 Å². The highest BCUT2D eigenvalue weighted by atomic mass is 35.5. The summed E-state index contributed by atoms with van der Waals surface area (Å²) in [6, 6.07) is 6.82. The van der Waals surface area contributed by atoms with Crippen LogP contribution in [0.15, 0.2) is 30.6 Å². The van der Waals surface area contributed by atoms with Gasteiger partial charge in [0.15, 0.2) is 0 Å². The molecule has 0 radical (unpaired) electrons. The van der Waals surface area contributed by atoms with Crippen molar-refractivity contribution in [2.75, 3.05) is 31.1 Å². The number of anilines is 1. The SMILES string of the molecule is Cc1cc(N2CCN(Cc3c(F)cccc3Cl)CC2)ncn1. The Kier molecular flexibility index (Phi) is 4.55. The summed E-state index contributed by atoms with van der Waals surface area (Å²) in [4.78, 5) is 12.9. The Morgan fingerprint density at radius 3 is 2.64 bits per heavy atom. The summed E-state index contributed by atoms with van der Waals surface area (Å²) in [6.45, 7) is 5.94. The van der Waals surface area contributed by atoms with Crippen molar-refractivity contribution in [1.29, 1.82) is 0 Å². The van der Waals surface area contributed by atoms with E-state index in [0.717, 1.165) is 37.7 Å². The lowest BCUT2D eigenvalue weighted by atomic mass is 10.2. The molecular formula is C16H18ClFN4. The normalized spacial score (nSPS) is 16.0. The summed E-state index contributed by atoms with van der Waals surface area (Å²) in [5.74, 6) is 0.720. The Morgan fingerprint density at radius 2 is 1.95 bits per heavy atom. The van der Waals surface area contributed by atoms with Crippen molar-refractivity contribution in [1.82, 2.24) is 14.9 Å². The molecule has 4 nitrogen and oxygen atoms in total. The molecule has 1 aromatic carbocycles. The number of aryl methyl sites for hydroxylation is 1. The standard InChI is InChI=1S/C16H18ClFN4/c1-12-9-16(20-11-19-12)22-7-5-21(6-8-22)10-13-14(17)3-2-4-15(13)18/h2-4,9,11H,5-8,10H2,1H3. The first-order valence-electron chi connectivity index (χ1n) is 7.32. The average molecular weight is 321 g/mol. The van der Waals surface area contributed by atoms with E-state index in [1.807, 2.05) is 13.0 Å². The molecule has 0 N–H and O–H groups in total. The molecule has 0 unspecified atom stereocenters. The molecule has 3 rings (SSSR count). The van der Waals surface area contributed by atoms with E-state index < -0.39 is 0 Å². The monoisotopic (exact) mass is 320 g/mol. The minimum Gasteiger partial charge on any atom is -0.354 e. The van der Waals surface area contributed by atoms with Crippen LogP contribution >= 0.6 is 11.6 Å². The minimum absolute atomic E-state index is 0.235. The molecule has 0 aliphatic carbocycles. The van der Waals surface area contributed by atoms with Crippen LogP contribution < -0.4 is 4.90 Å². The summed E-state index contributed by atoms with van der Waals surface area (Å²) in [5, 5.41) is 0.494. The minimum atomic E-state index is -0.235. The first kappa shape index (κ1) is 15.2. The molecule has 0 bridgehead atoms. The molecule has 1 aliphatic heterocycles. The summed E-state index contributed by atoms with van der Waals surface area (Å²) in [7, 11) is 0. The van der Waals surface area contributed by atoms with Crippen molar-refractivity contribution in [2.24, 2.45) is 0 Å². The van der Waals surface area contributed by atoms with E-state index in [0.29, 0.717) is 17.1 Å². The van der Waals surface area contributed by atoms with Crippen molar-refractivity contribution in [3.63, 3.8) is 0 Å². The molecule has 2 aromatic rings. The number of nitrogens with zero attached hydrogens (tertiary/aromatic N) is 4. The molecule has 2 heterocycles. The van der Waals surface area contributed by atoms with Gasteiger partial charge < -0.3 is 4.90 Å². The number of benzene rings is 1. The van der Waals surface area contributed by atoms with E-state index in [-0.39, 0.29) is 5.82 Å². The van der Waals surface area contributed by atoms with Crippen molar-refractivity contribution in [2.45, 2.75) is 13.5 Å². The van der Waals surface area contributed by atoms with Gasteiger partial charge in [-0.1, -0.05) is 17.7 Å². The van der Waals surface area contributed by atoms with Crippen LogP contribution in [0.5, 0.6) is 0 Å². The van der Waals surface area contributed by atoms with Crippen molar-refractivity contribution in [3.05, 3.63) is 52.7 Å². The third kappa shape index (κ3) is 3.36. The fraction of sp³-hybridized carbons (Fsp3) is 0.375. The van der Waals surface area contributed by atoms with Crippen molar-refractivity contribution >= 4 is 17.4 Å². The van der Waals surface area contributed by atoms with Gasteiger partial charge in [0.25, 0.3) is 0 Å². The highest BCUT2D eigenvalue weighted by molar-refractivity contribution is 6.31. The molecular weight excluding hydrogens is 303 g/mol. The van der Waals surface area contributed by atoms with Crippen molar-refractivity contribution in [3.8, 4) is 0 Å². The van der Waals surface area contributed by atoms with Crippen LogP contribution in [0.2, 0.25) is 5.02 Å². The number of rotatable bonds is 3. The maximum Gasteiger partial charge on any atom is 0.132 e. The van der Waals surface area contributed by atoms with Gasteiger partial charge in [-0.3, -0.25) is 4.90 Å². The first-order valence-corrected chi connectivity index (χ1v) is 7.70. The predicted octanol–water partition coefficient (Wildman–Crippen LogP) is 2.90. The quantitative estimate of drug-likeness (QED) is 0.870. The summed E-state index contributed by atoms with van der Waals surface area (Å²) in [5.41, 5.74) is 1.54. The number of halogens is 2. The van der Waals surface area contributed by atoms with Crippen LogP contribution in [-0.4, -0.2) is 41.0 Å². The zero-order valence-corrected chi connectivity index (χ0v) is 13.2. The Balaban J connectivity index is 1.62. The fourth-order valence-corrected chi connectivity index (χ4v) is 2.88. The summed E-state index contributed by atoms with van der Waals surface area (Å²) >= 11 is 6.10. The average Bonchev–Trinajstić information content (AvgIpc) is 2.52. The summed E-state index contributed by atoms with van der Waals surface area (Å²) < 4.78 is 13.9. The van der Waals surface area contributed by atoms with E-state index >= 15 is 0 Å². The molecule has 1 saturated heterocycles.